The number of pyridine rings is 1. The summed E-state index contributed by atoms with van der Waals surface area (Å²) in [7, 11) is 3.73. The van der Waals surface area contributed by atoms with Crippen LogP contribution in [0.4, 0.5) is 4.79 Å². The van der Waals surface area contributed by atoms with Gasteiger partial charge in [0.25, 0.3) is 0 Å². The number of nitrogens with zero attached hydrogens (tertiary/aromatic N) is 2. The minimum absolute atomic E-state index is 0.161. The SMILES string of the molecule is CN(C(=O)OCc1cc[n+](C)cc1)C1=C(/C=C/c2cc(-c3ccccc3)cc(-c3ccccc3)[o+]2)CC/C1=C\C=C1/C=C(c2ccccc2)C=C(c2ccccc2)O1. The quantitative estimate of drug-likeness (QED) is 0.103. The second-order valence-corrected chi connectivity index (χ2v) is 14.2. The predicted octanol–water partition coefficient (Wildman–Crippen LogP) is 12.0. The lowest BCUT2D eigenvalue weighted by Crippen LogP contribution is -2.28. The van der Waals surface area contributed by atoms with E-state index in [-0.39, 0.29) is 6.61 Å². The highest BCUT2D eigenvalue weighted by molar-refractivity contribution is 5.85. The molecule has 8 rings (SSSR count). The van der Waals surface area contributed by atoms with E-state index in [1.54, 1.807) is 11.9 Å². The lowest BCUT2D eigenvalue weighted by atomic mass is 10.0. The Morgan fingerprint density at radius 3 is 2.00 bits per heavy atom. The van der Waals surface area contributed by atoms with Gasteiger partial charge in [-0.1, -0.05) is 115 Å². The Morgan fingerprint density at radius 2 is 1.33 bits per heavy atom. The average Bonchev–Trinajstić information content (AvgIpc) is 3.70. The normalized spacial score (nSPS) is 15.3. The second-order valence-electron chi connectivity index (χ2n) is 14.2. The molecule has 0 saturated heterocycles. The van der Waals surface area contributed by atoms with E-state index in [1.165, 1.54) is 0 Å². The van der Waals surface area contributed by atoms with Crippen molar-refractivity contribution in [2.45, 2.75) is 19.4 Å². The lowest BCUT2D eigenvalue weighted by Gasteiger charge is -2.21. The zero-order chi connectivity index (χ0) is 39.7. The molecule has 2 aromatic heterocycles. The maximum absolute atomic E-state index is 13.8. The molecule has 0 saturated carbocycles. The number of rotatable bonds is 10. The summed E-state index contributed by atoms with van der Waals surface area (Å²) >= 11 is 0. The van der Waals surface area contributed by atoms with Crippen LogP contribution >= 0.6 is 0 Å². The Hall–Kier alpha value is -7.31. The van der Waals surface area contributed by atoms with E-state index in [1.807, 2.05) is 145 Å². The molecule has 3 heterocycles. The Morgan fingerprint density at radius 1 is 0.707 bits per heavy atom. The Labute approximate surface area is 340 Å². The summed E-state index contributed by atoms with van der Waals surface area (Å²) in [5.41, 5.74) is 9.96. The van der Waals surface area contributed by atoms with Gasteiger partial charge >= 0.3 is 17.6 Å². The van der Waals surface area contributed by atoms with Crippen LogP contribution in [0, 0.1) is 0 Å². The highest BCUT2D eigenvalue weighted by atomic mass is 16.6. The van der Waals surface area contributed by atoms with Crippen LogP contribution in [-0.4, -0.2) is 18.0 Å². The molecule has 0 bridgehead atoms. The van der Waals surface area contributed by atoms with E-state index in [0.717, 1.165) is 80.2 Å². The van der Waals surface area contributed by atoms with Crippen molar-refractivity contribution < 1.29 is 23.3 Å². The van der Waals surface area contributed by atoms with Gasteiger partial charge in [-0.15, -0.1) is 0 Å². The maximum Gasteiger partial charge on any atom is 0.414 e. The van der Waals surface area contributed by atoms with Gasteiger partial charge in [0, 0.05) is 41.9 Å². The summed E-state index contributed by atoms with van der Waals surface area (Å²) in [5, 5.41) is 0. The third-order valence-corrected chi connectivity index (χ3v) is 10.1. The Bertz CT molecular complexity index is 2530. The molecular weight excluding hydrogens is 717 g/mol. The van der Waals surface area contributed by atoms with Crippen molar-refractivity contribution in [2.24, 2.45) is 7.05 Å². The molecule has 284 valence electrons. The molecule has 0 unspecified atom stereocenters. The van der Waals surface area contributed by atoms with Crippen LogP contribution in [0.5, 0.6) is 0 Å². The molecule has 2 aliphatic rings. The molecule has 1 aliphatic heterocycles. The first-order valence-electron chi connectivity index (χ1n) is 19.4. The van der Waals surface area contributed by atoms with E-state index >= 15 is 0 Å². The van der Waals surface area contributed by atoms with Crippen molar-refractivity contribution >= 4 is 23.5 Å². The molecule has 1 aliphatic carbocycles. The minimum atomic E-state index is -0.439. The Kier molecular flexibility index (Phi) is 11.4. The van der Waals surface area contributed by atoms with Crippen molar-refractivity contribution in [3.63, 3.8) is 0 Å². The van der Waals surface area contributed by atoms with E-state index in [9.17, 15) is 4.79 Å². The molecule has 6 heteroatoms. The molecule has 0 atom stereocenters. The van der Waals surface area contributed by atoms with Crippen LogP contribution in [0.1, 0.15) is 35.3 Å². The largest absolute Gasteiger partial charge is 0.457 e. The first-order valence-corrected chi connectivity index (χ1v) is 19.4. The summed E-state index contributed by atoms with van der Waals surface area (Å²) in [5.74, 6) is 2.93. The average molecular weight is 761 g/mol. The van der Waals surface area contributed by atoms with Gasteiger partial charge in [-0.3, -0.25) is 4.90 Å². The molecule has 0 N–H and O–H groups in total. The van der Waals surface area contributed by atoms with Crippen molar-refractivity contribution in [3.05, 3.63) is 233 Å². The number of carbonyl (C=O) groups excluding carboxylic acids is 1. The number of likely N-dealkylation sites (N-methyl/N-ethyl adjacent to an activating group) is 1. The van der Waals surface area contributed by atoms with Crippen molar-refractivity contribution in [1.29, 1.82) is 0 Å². The number of amides is 1. The van der Waals surface area contributed by atoms with Crippen LogP contribution in [0.15, 0.2) is 215 Å². The fraction of sp³-hybridized carbons (Fsp3) is 0.0962. The summed E-state index contributed by atoms with van der Waals surface area (Å²) in [6, 6.07) is 48.9. The number of aromatic nitrogens is 1. The first-order chi connectivity index (χ1) is 28.5. The lowest BCUT2D eigenvalue weighted by molar-refractivity contribution is -0.671. The molecular formula is C52H44N2O4+2. The van der Waals surface area contributed by atoms with Crippen LogP contribution < -0.4 is 4.57 Å². The van der Waals surface area contributed by atoms with E-state index in [4.69, 9.17) is 13.9 Å². The van der Waals surface area contributed by atoms with Crippen LogP contribution in [-0.2, 0) is 23.1 Å². The number of hydrogen-bond acceptors (Lipinski definition) is 3. The second kappa shape index (κ2) is 17.7. The van der Waals surface area contributed by atoms with E-state index in [2.05, 4.69) is 60.7 Å². The van der Waals surface area contributed by atoms with Crippen molar-refractivity contribution in [3.8, 4) is 22.5 Å². The molecule has 58 heavy (non-hydrogen) atoms. The van der Waals surface area contributed by atoms with Gasteiger partial charge in [0.15, 0.2) is 12.4 Å². The summed E-state index contributed by atoms with van der Waals surface area (Å²) < 4.78 is 20.8. The number of ether oxygens (including phenoxy) is 2. The third kappa shape index (κ3) is 9.04. The molecule has 6 aromatic rings. The third-order valence-electron chi connectivity index (χ3n) is 10.1. The molecule has 0 spiro atoms. The fourth-order valence-corrected chi connectivity index (χ4v) is 7.09. The van der Waals surface area contributed by atoms with Crippen LogP contribution in [0.2, 0.25) is 0 Å². The van der Waals surface area contributed by atoms with E-state index in [0.29, 0.717) is 11.5 Å². The number of allylic oxidation sites excluding steroid dienone is 8. The molecule has 1 amide bonds. The van der Waals surface area contributed by atoms with Gasteiger partial charge in [0.2, 0.25) is 0 Å². The first kappa shape index (κ1) is 37.6. The zero-order valence-electron chi connectivity index (χ0n) is 32.6. The van der Waals surface area contributed by atoms with Gasteiger partial charge in [-0.25, -0.2) is 13.8 Å². The van der Waals surface area contributed by atoms with Crippen LogP contribution in [0.3, 0.4) is 0 Å². The molecule has 0 radical (unpaired) electrons. The van der Waals surface area contributed by atoms with Crippen molar-refractivity contribution in [1.82, 2.24) is 4.90 Å². The minimum Gasteiger partial charge on any atom is -0.457 e. The number of aryl methyl sites for hydroxylation is 1. The van der Waals surface area contributed by atoms with E-state index < -0.39 is 6.09 Å². The van der Waals surface area contributed by atoms with Gasteiger partial charge in [0.1, 0.15) is 25.2 Å². The molecule has 4 aromatic carbocycles. The van der Waals surface area contributed by atoms with Gasteiger partial charge in [0.05, 0.1) is 23.4 Å². The number of carbonyl (C=O) groups is 1. The fourth-order valence-electron chi connectivity index (χ4n) is 7.09. The van der Waals surface area contributed by atoms with Gasteiger partial charge in [-0.05, 0) is 77.1 Å². The Balaban J connectivity index is 1.16. The topological polar surface area (TPSA) is 54.0 Å². The number of benzene rings is 4. The summed E-state index contributed by atoms with van der Waals surface area (Å²) in [4.78, 5) is 15.4. The summed E-state index contributed by atoms with van der Waals surface area (Å²) in [6.45, 7) is 0.161. The number of hydrogen-bond donors (Lipinski definition) is 0. The predicted molar refractivity (Wildman–Crippen MR) is 231 cm³/mol. The maximum atomic E-state index is 13.8. The molecule has 6 nitrogen and oxygen atoms in total. The van der Waals surface area contributed by atoms with Gasteiger partial charge < -0.3 is 9.47 Å². The monoisotopic (exact) mass is 760 g/mol. The highest BCUT2D eigenvalue weighted by Gasteiger charge is 2.27. The molecule has 0 fully saturated rings. The standard InChI is InChI=1S/C52H44N2O4/c1-53-31-29-38(30-32-53)37-56-52(55)54(2)51-43(25-27-47-33-45(39-15-7-3-8-16-39)35-49(57-47)41-19-11-5-12-20-41)23-24-44(51)26-28-48-34-46(40-17-9-4-10-18-40)36-50(58-48)42-21-13-6-14-22-42/h3-22,25-36H,23-24,37H2,1-2H3/q+2. The van der Waals surface area contributed by atoms with Crippen LogP contribution in [0.25, 0.3) is 39.9 Å². The zero-order valence-corrected chi connectivity index (χ0v) is 32.6. The summed E-state index contributed by atoms with van der Waals surface area (Å²) in [6.07, 6.45) is 17.1. The highest BCUT2D eigenvalue weighted by Crippen LogP contribution is 2.37. The van der Waals surface area contributed by atoms with Crippen molar-refractivity contribution in [2.75, 3.05) is 7.05 Å². The van der Waals surface area contributed by atoms with Gasteiger partial charge in [-0.2, -0.15) is 0 Å². The smallest absolute Gasteiger partial charge is 0.414 e.